The maximum absolute atomic E-state index is 11.0. The minimum absolute atomic E-state index is 0.208. The summed E-state index contributed by atoms with van der Waals surface area (Å²) >= 11 is 0. The predicted octanol–water partition coefficient (Wildman–Crippen LogP) is 8.10. The van der Waals surface area contributed by atoms with Gasteiger partial charge in [-0.25, -0.2) is 4.98 Å². The van der Waals surface area contributed by atoms with Crippen molar-refractivity contribution in [1.29, 1.82) is 0 Å². The van der Waals surface area contributed by atoms with Crippen LogP contribution in [0.15, 0.2) is 47.1 Å². The molecule has 0 aliphatic carbocycles. The Labute approximate surface area is 223 Å². The average molecular weight is 507 g/mol. The Balaban J connectivity index is 1.66. The van der Waals surface area contributed by atoms with Crippen molar-refractivity contribution in [3.8, 4) is 23.0 Å². The Kier molecular flexibility index (Phi) is 9.12. The Hall–Kier alpha value is -2.79. The first-order valence-corrected chi connectivity index (χ1v) is 13.6. The second kappa shape index (κ2) is 11.7. The molecule has 2 aromatic carbocycles. The lowest BCUT2D eigenvalue weighted by atomic mass is 9.78. The monoisotopic (exact) mass is 506 g/mol. The van der Waals surface area contributed by atoms with Crippen LogP contribution in [0.2, 0.25) is 0 Å². The Morgan fingerprint density at radius 3 is 2.03 bits per heavy atom. The van der Waals surface area contributed by atoms with E-state index >= 15 is 0 Å². The van der Waals surface area contributed by atoms with Crippen molar-refractivity contribution in [3.05, 3.63) is 65.0 Å². The molecule has 1 heterocycles. The molecule has 0 spiro atoms. The lowest BCUT2D eigenvalue weighted by Crippen LogP contribution is -2.30. The standard InChI is InChI=1S/C32H46N2O3/c1-10-24(11-2)33-21(3)22-12-14-26(15-13-22)36-17-16-25-20-37-30(34-25)23-18-27(31(4,5)6)29(35)28(19-23)32(7,8)9/h12-15,18-21,24,33,35H,10-11,16-17H2,1-9H3. The number of aromatic nitrogens is 1. The van der Waals surface area contributed by atoms with Crippen molar-refractivity contribution in [2.75, 3.05) is 6.61 Å². The molecule has 0 radical (unpaired) electrons. The number of ether oxygens (including phenoxy) is 1. The number of oxazole rings is 1. The SMILES string of the molecule is CCC(CC)NC(C)c1ccc(OCCc2coc(-c3cc(C(C)(C)C)c(O)c(C(C)(C)C)c3)n2)cc1. The first-order valence-electron chi connectivity index (χ1n) is 13.6. The fourth-order valence-electron chi connectivity index (χ4n) is 4.56. The Bertz CT molecular complexity index is 1110. The van der Waals surface area contributed by atoms with Gasteiger partial charge < -0.3 is 19.6 Å². The first kappa shape index (κ1) is 28.8. The van der Waals surface area contributed by atoms with Crippen molar-refractivity contribution in [3.63, 3.8) is 0 Å². The zero-order valence-corrected chi connectivity index (χ0v) is 24.2. The lowest BCUT2D eigenvalue weighted by Gasteiger charge is -2.27. The number of nitrogens with one attached hydrogen (secondary N) is 1. The van der Waals surface area contributed by atoms with Gasteiger partial charge >= 0.3 is 0 Å². The summed E-state index contributed by atoms with van der Waals surface area (Å²) in [6, 6.07) is 13.2. The summed E-state index contributed by atoms with van der Waals surface area (Å²) in [5.74, 6) is 1.77. The molecule has 2 N–H and O–H groups in total. The van der Waals surface area contributed by atoms with Crippen molar-refractivity contribution >= 4 is 0 Å². The number of benzene rings is 2. The van der Waals surface area contributed by atoms with Gasteiger partial charge in [0.05, 0.1) is 12.3 Å². The summed E-state index contributed by atoms with van der Waals surface area (Å²) in [5.41, 5.74) is 4.36. The van der Waals surface area contributed by atoms with Crippen LogP contribution in [0, 0.1) is 0 Å². The van der Waals surface area contributed by atoms with Crippen molar-refractivity contribution < 1.29 is 14.3 Å². The highest BCUT2D eigenvalue weighted by Gasteiger charge is 2.27. The van der Waals surface area contributed by atoms with Gasteiger partial charge in [-0.15, -0.1) is 0 Å². The molecule has 3 aromatic rings. The van der Waals surface area contributed by atoms with Crippen LogP contribution >= 0.6 is 0 Å². The number of aromatic hydroxyl groups is 1. The zero-order valence-electron chi connectivity index (χ0n) is 24.2. The minimum atomic E-state index is -0.208. The number of rotatable bonds is 10. The zero-order chi connectivity index (χ0) is 27.4. The molecule has 0 fully saturated rings. The summed E-state index contributed by atoms with van der Waals surface area (Å²) in [4.78, 5) is 4.73. The van der Waals surface area contributed by atoms with E-state index in [9.17, 15) is 5.11 Å². The Morgan fingerprint density at radius 1 is 0.946 bits per heavy atom. The smallest absolute Gasteiger partial charge is 0.226 e. The van der Waals surface area contributed by atoms with Gasteiger partial charge in [0.15, 0.2) is 0 Å². The van der Waals surface area contributed by atoms with Gasteiger partial charge in [-0.1, -0.05) is 67.5 Å². The molecule has 0 aliphatic rings. The van der Waals surface area contributed by atoms with Gasteiger partial charge in [0.1, 0.15) is 17.8 Å². The fraction of sp³-hybridized carbons (Fsp3) is 0.531. The minimum Gasteiger partial charge on any atom is -0.507 e. The van der Waals surface area contributed by atoms with Gasteiger partial charge in [-0.3, -0.25) is 0 Å². The number of phenols is 1. The van der Waals surface area contributed by atoms with Gasteiger partial charge in [-0.2, -0.15) is 0 Å². The van der Waals surface area contributed by atoms with E-state index in [0.717, 1.165) is 41.0 Å². The topological polar surface area (TPSA) is 67.5 Å². The first-order chi connectivity index (χ1) is 17.3. The summed E-state index contributed by atoms with van der Waals surface area (Å²) < 4.78 is 11.9. The van der Waals surface area contributed by atoms with E-state index in [1.165, 1.54) is 5.56 Å². The number of hydrogen-bond donors (Lipinski definition) is 2. The third kappa shape index (κ3) is 7.38. The summed E-state index contributed by atoms with van der Waals surface area (Å²) in [6.45, 7) is 19.8. The largest absolute Gasteiger partial charge is 0.507 e. The second-order valence-corrected chi connectivity index (χ2v) is 12.1. The van der Waals surface area contributed by atoms with E-state index in [2.05, 4.69) is 79.8 Å². The van der Waals surface area contributed by atoms with E-state index in [1.807, 2.05) is 24.3 Å². The molecule has 0 saturated carbocycles. The maximum Gasteiger partial charge on any atom is 0.226 e. The molecule has 5 heteroatoms. The van der Waals surface area contributed by atoms with Crippen LogP contribution in [0.4, 0.5) is 0 Å². The molecule has 1 aromatic heterocycles. The van der Waals surface area contributed by atoms with Crippen LogP contribution < -0.4 is 10.1 Å². The van der Waals surface area contributed by atoms with Gasteiger partial charge in [0.2, 0.25) is 5.89 Å². The molecule has 0 saturated heterocycles. The van der Waals surface area contributed by atoms with Gasteiger partial charge in [-0.05, 0) is 60.4 Å². The number of hydrogen-bond acceptors (Lipinski definition) is 5. The normalized spacial score (nSPS) is 13.2. The number of phenolic OH excluding ortho intramolecular Hbond substituents is 1. The number of nitrogens with zero attached hydrogens (tertiary/aromatic N) is 1. The molecule has 0 aliphatic heterocycles. The molecule has 1 unspecified atom stereocenters. The van der Waals surface area contributed by atoms with Crippen LogP contribution in [0.1, 0.15) is 104 Å². The molecule has 37 heavy (non-hydrogen) atoms. The van der Waals surface area contributed by atoms with E-state index in [0.29, 0.717) is 36.8 Å². The molecule has 0 bridgehead atoms. The second-order valence-electron chi connectivity index (χ2n) is 12.1. The lowest BCUT2D eigenvalue weighted by molar-refractivity contribution is 0.320. The highest BCUT2D eigenvalue weighted by molar-refractivity contribution is 5.63. The average Bonchev–Trinajstić information content (AvgIpc) is 3.30. The molecule has 3 rings (SSSR count). The van der Waals surface area contributed by atoms with Crippen LogP contribution in [0.5, 0.6) is 11.5 Å². The van der Waals surface area contributed by atoms with Crippen LogP contribution in [0.3, 0.4) is 0 Å². The van der Waals surface area contributed by atoms with Crippen LogP contribution in [0.25, 0.3) is 11.5 Å². The quantitative estimate of drug-likeness (QED) is 0.291. The summed E-state index contributed by atoms with van der Waals surface area (Å²) in [5, 5.41) is 14.7. The summed E-state index contributed by atoms with van der Waals surface area (Å²) in [6.07, 6.45) is 4.61. The maximum atomic E-state index is 11.0. The molecular formula is C32H46N2O3. The summed E-state index contributed by atoms with van der Waals surface area (Å²) in [7, 11) is 0. The fourth-order valence-corrected chi connectivity index (χ4v) is 4.56. The van der Waals surface area contributed by atoms with Crippen LogP contribution in [-0.2, 0) is 17.3 Å². The van der Waals surface area contributed by atoms with Crippen molar-refractivity contribution in [1.82, 2.24) is 10.3 Å². The van der Waals surface area contributed by atoms with Gasteiger partial charge in [0, 0.05) is 35.2 Å². The molecule has 0 amide bonds. The highest BCUT2D eigenvalue weighted by atomic mass is 16.5. The van der Waals surface area contributed by atoms with Crippen molar-refractivity contribution in [2.24, 2.45) is 0 Å². The molecule has 1 atom stereocenters. The van der Waals surface area contributed by atoms with E-state index in [-0.39, 0.29) is 10.8 Å². The van der Waals surface area contributed by atoms with E-state index in [4.69, 9.17) is 14.1 Å². The van der Waals surface area contributed by atoms with E-state index in [1.54, 1.807) is 6.26 Å². The van der Waals surface area contributed by atoms with Gasteiger partial charge in [0.25, 0.3) is 0 Å². The third-order valence-electron chi connectivity index (χ3n) is 7.00. The highest BCUT2D eigenvalue weighted by Crippen LogP contribution is 2.41. The third-order valence-corrected chi connectivity index (χ3v) is 7.00. The van der Waals surface area contributed by atoms with E-state index < -0.39 is 0 Å². The van der Waals surface area contributed by atoms with Crippen LogP contribution in [-0.4, -0.2) is 22.7 Å². The van der Waals surface area contributed by atoms with Crippen molar-refractivity contribution in [2.45, 2.75) is 104 Å². The molecule has 202 valence electrons. The molecular weight excluding hydrogens is 460 g/mol. The Morgan fingerprint density at radius 2 is 1.51 bits per heavy atom. The predicted molar refractivity (Wildman–Crippen MR) is 153 cm³/mol. The molecule has 5 nitrogen and oxygen atoms in total.